The SMILES string of the molecule is C=C(C)[C@]1(O)CCC(C)=C[C@@]1(O)c1c(C)cc(CCCCC)cc1C. The number of rotatable bonds is 6. The molecule has 1 aromatic rings. The van der Waals surface area contributed by atoms with E-state index in [1.165, 1.54) is 24.8 Å². The molecular weight excluding hydrogens is 308 g/mol. The van der Waals surface area contributed by atoms with Crippen LogP contribution in [0.3, 0.4) is 0 Å². The summed E-state index contributed by atoms with van der Waals surface area (Å²) >= 11 is 0. The second-order valence-electron chi connectivity index (χ2n) is 7.96. The molecule has 25 heavy (non-hydrogen) atoms. The van der Waals surface area contributed by atoms with Crippen molar-refractivity contribution in [3.8, 4) is 0 Å². The first-order valence-electron chi connectivity index (χ1n) is 9.55. The predicted octanol–water partition coefficient (Wildman–Crippen LogP) is 5.27. The summed E-state index contributed by atoms with van der Waals surface area (Å²) in [5.74, 6) is 0. The van der Waals surface area contributed by atoms with Gasteiger partial charge in [0.05, 0.1) is 0 Å². The average Bonchev–Trinajstić information content (AvgIpc) is 2.50. The Hall–Kier alpha value is -1.38. The van der Waals surface area contributed by atoms with Gasteiger partial charge in [0, 0.05) is 0 Å². The second-order valence-corrected chi connectivity index (χ2v) is 7.96. The molecule has 0 fully saturated rings. The van der Waals surface area contributed by atoms with E-state index < -0.39 is 11.2 Å². The summed E-state index contributed by atoms with van der Waals surface area (Å²) in [5, 5.41) is 23.0. The second kappa shape index (κ2) is 7.47. The van der Waals surface area contributed by atoms with Crippen molar-refractivity contribution < 1.29 is 10.2 Å². The van der Waals surface area contributed by atoms with Gasteiger partial charge >= 0.3 is 0 Å². The Kier molecular flexibility index (Phi) is 5.96. The molecule has 0 heterocycles. The zero-order valence-electron chi connectivity index (χ0n) is 16.6. The fourth-order valence-electron chi connectivity index (χ4n) is 4.31. The van der Waals surface area contributed by atoms with E-state index in [1.807, 2.05) is 33.8 Å². The minimum absolute atomic E-state index is 0.498. The van der Waals surface area contributed by atoms with Crippen LogP contribution in [0.2, 0.25) is 0 Å². The molecule has 0 radical (unpaired) electrons. The van der Waals surface area contributed by atoms with Crippen LogP contribution in [0, 0.1) is 13.8 Å². The van der Waals surface area contributed by atoms with Gasteiger partial charge in [-0.2, -0.15) is 0 Å². The summed E-state index contributed by atoms with van der Waals surface area (Å²) in [7, 11) is 0. The highest BCUT2D eigenvalue weighted by molar-refractivity contribution is 5.49. The highest BCUT2D eigenvalue weighted by Gasteiger charge is 2.52. The molecule has 0 aromatic heterocycles. The van der Waals surface area contributed by atoms with Crippen LogP contribution in [0.5, 0.6) is 0 Å². The molecule has 0 aliphatic heterocycles. The van der Waals surface area contributed by atoms with Crippen molar-refractivity contribution in [2.45, 2.75) is 84.3 Å². The fraction of sp³-hybridized carbons (Fsp3) is 0.565. The Morgan fingerprint density at radius 3 is 2.24 bits per heavy atom. The summed E-state index contributed by atoms with van der Waals surface area (Å²) in [6, 6.07) is 4.35. The van der Waals surface area contributed by atoms with Gasteiger partial charge in [-0.25, -0.2) is 0 Å². The van der Waals surface area contributed by atoms with Crippen molar-refractivity contribution in [2.24, 2.45) is 0 Å². The van der Waals surface area contributed by atoms with Crippen LogP contribution in [0.1, 0.15) is 75.1 Å². The van der Waals surface area contributed by atoms with Gasteiger partial charge < -0.3 is 10.2 Å². The first-order valence-corrected chi connectivity index (χ1v) is 9.55. The number of hydrogen-bond acceptors (Lipinski definition) is 2. The molecular formula is C23H34O2. The largest absolute Gasteiger partial charge is 0.382 e. The van der Waals surface area contributed by atoms with Crippen molar-refractivity contribution in [1.29, 1.82) is 0 Å². The van der Waals surface area contributed by atoms with Crippen molar-refractivity contribution in [1.82, 2.24) is 0 Å². The van der Waals surface area contributed by atoms with Gasteiger partial charge in [-0.15, -0.1) is 0 Å². The van der Waals surface area contributed by atoms with E-state index in [9.17, 15) is 10.2 Å². The molecule has 2 rings (SSSR count). The van der Waals surface area contributed by atoms with Crippen molar-refractivity contribution >= 4 is 0 Å². The Labute approximate surface area is 153 Å². The molecule has 2 nitrogen and oxygen atoms in total. The molecule has 0 bridgehead atoms. The highest BCUT2D eigenvalue weighted by atomic mass is 16.4. The average molecular weight is 343 g/mol. The maximum atomic E-state index is 11.7. The minimum Gasteiger partial charge on any atom is -0.382 e. The van der Waals surface area contributed by atoms with Gasteiger partial charge in [0.2, 0.25) is 0 Å². The third-order valence-electron chi connectivity index (χ3n) is 5.72. The van der Waals surface area contributed by atoms with E-state index >= 15 is 0 Å². The number of benzene rings is 1. The summed E-state index contributed by atoms with van der Waals surface area (Å²) in [4.78, 5) is 0. The molecule has 0 unspecified atom stereocenters. The lowest BCUT2D eigenvalue weighted by Crippen LogP contribution is -2.54. The molecule has 0 amide bonds. The van der Waals surface area contributed by atoms with E-state index in [0.717, 1.165) is 35.1 Å². The lowest BCUT2D eigenvalue weighted by atomic mass is 9.65. The van der Waals surface area contributed by atoms with Crippen molar-refractivity contribution in [3.63, 3.8) is 0 Å². The molecule has 138 valence electrons. The van der Waals surface area contributed by atoms with Gasteiger partial charge in [-0.1, -0.05) is 44.1 Å². The lowest BCUT2D eigenvalue weighted by molar-refractivity contribution is -0.115. The summed E-state index contributed by atoms with van der Waals surface area (Å²) in [6.07, 6.45) is 7.82. The zero-order valence-corrected chi connectivity index (χ0v) is 16.6. The van der Waals surface area contributed by atoms with E-state index in [2.05, 4.69) is 25.6 Å². The Balaban J connectivity index is 2.54. The normalized spacial score (nSPS) is 26.4. The van der Waals surface area contributed by atoms with Crippen LogP contribution in [0.15, 0.2) is 35.9 Å². The molecule has 0 saturated heterocycles. The number of allylic oxidation sites excluding steroid dienone is 1. The Bertz CT molecular complexity index is 662. The smallest absolute Gasteiger partial charge is 0.141 e. The standard InChI is InChI=1S/C23H34O2/c1-7-8-9-10-20-13-18(5)21(19(6)14-20)23(25)15-17(4)11-12-22(23,24)16(2)3/h13-15,24-25H,2,7-12H2,1,3-6H3/t22-,23-/m1/s1. The van der Waals surface area contributed by atoms with Crippen molar-refractivity contribution in [3.05, 3.63) is 58.2 Å². The van der Waals surface area contributed by atoms with Crippen LogP contribution in [0.4, 0.5) is 0 Å². The van der Waals surface area contributed by atoms with Gasteiger partial charge in [0.15, 0.2) is 0 Å². The monoisotopic (exact) mass is 342 g/mol. The summed E-state index contributed by atoms with van der Waals surface area (Å²) in [6.45, 7) is 14.1. The topological polar surface area (TPSA) is 40.5 Å². The van der Waals surface area contributed by atoms with Crippen LogP contribution in [0.25, 0.3) is 0 Å². The van der Waals surface area contributed by atoms with E-state index in [-0.39, 0.29) is 0 Å². The van der Waals surface area contributed by atoms with Gasteiger partial charge in [0.1, 0.15) is 11.2 Å². The molecule has 1 aliphatic rings. The summed E-state index contributed by atoms with van der Waals surface area (Å²) < 4.78 is 0. The predicted molar refractivity (Wildman–Crippen MR) is 106 cm³/mol. The first-order chi connectivity index (χ1) is 11.7. The molecule has 0 spiro atoms. The Morgan fingerprint density at radius 1 is 1.12 bits per heavy atom. The number of hydrogen-bond donors (Lipinski definition) is 2. The quantitative estimate of drug-likeness (QED) is 0.546. The number of unbranched alkanes of at least 4 members (excludes halogenated alkanes) is 2. The molecule has 2 heteroatoms. The van der Waals surface area contributed by atoms with Gasteiger partial charge in [0.25, 0.3) is 0 Å². The molecule has 1 aromatic carbocycles. The lowest BCUT2D eigenvalue weighted by Gasteiger charge is -2.47. The van der Waals surface area contributed by atoms with Crippen LogP contribution < -0.4 is 0 Å². The van der Waals surface area contributed by atoms with E-state index in [0.29, 0.717) is 12.0 Å². The number of aliphatic hydroxyl groups is 2. The van der Waals surface area contributed by atoms with Crippen molar-refractivity contribution in [2.75, 3.05) is 0 Å². The zero-order chi connectivity index (χ0) is 18.8. The first kappa shape index (κ1) is 19.9. The fourth-order valence-corrected chi connectivity index (χ4v) is 4.31. The van der Waals surface area contributed by atoms with Crippen LogP contribution in [-0.4, -0.2) is 15.8 Å². The maximum absolute atomic E-state index is 11.7. The third-order valence-corrected chi connectivity index (χ3v) is 5.72. The maximum Gasteiger partial charge on any atom is 0.141 e. The number of aryl methyl sites for hydroxylation is 3. The molecule has 2 N–H and O–H groups in total. The summed E-state index contributed by atoms with van der Waals surface area (Å²) in [5.41, 5.74) is 3.20. The molecule has 2 atom stereocenters. The van der Waals surface area contributed by atoms with Crippen LogP contribution >= 0.6 is 0 Å². The third kappa shape index (κ3) is 3.61. The van der Waals surface area contributed by atoms with Gasteiger partial charge in [-0.05, 0) is 87.3 Å². The molecule has 1 aliphatic carbocycles. The van der Waals surface area contributed by atoms with Crippen LogP contribution in [-0.2, 0) is 12.0 Å². The van der Waals surface area contributed by atoms with Gasteiger partial charge in [-0.3, -0.25) is 0 Å². The van der Waals surface area contributed by atoms with E-state index in [1.54, 1.807) is 0 Å². The Morgan fingerprint density at radius 2 is 1.72 bits per heavy atom. The minimum atomic E-state index is -1.42. The molecule has 0 saturated carbocycles. The van der Waals surface area contributed by atoms with E-state index in [4.69, 9.17) is 0 Å². The highest BCUT2D eigenvalue weighted by Crippen LogP contribution is 2.48.